The Morgan fingerprint density at radius 2 is 2.06 bits per heavy atom. The van der Waals surface area contributed by atoms with Crippen molar-refractivity contribution in [2.45, 2.75) is 51.2 Å². The number of rotatable bonds is 3. The first-order valence-electron chi connectivity index (χ1n) is 6.88. The van der Waals surface area contributed by atoms with Crippen LogP contribution in [0.3, 0.4) is 0 Å². The van der Waals surface area contributed by atoms with Gasteiger partial charge in [-0.05, 0) is 46.3 Å². The lowest BCUT2D eigenvalue weighted by atomic mass is 9.98. The predicted molar refractivity (Wildman–Crippen MR) is 68.8 cm³/mol. The van der Waals surface area contributed by atoms with E-state index in [-0.39, 0.29) is 0 Å². The number of hydrogen-bond donors (Lipinski definition) is 1. The van der Waals surface area contributed by atoms with Crippen molar-refractivity contribution in [1.29, 1.82) is 0 Å². The monoisotopic (exact) mass is 225 g/mol. The fourth-order valence-corrected chi connectivity index (χ4v) is 3.17. The highest BCUT2D eigenvalue weighted by molar-refractivity contribution is 4.89. The van der Waals surface area contributed by atoms with Crippen LogP contribution in [0.15, 0.2) is 0 Å². The second kappa shape index (κ2) is 5.48. The molecule has 0 radical (unpaired) electrons. The average Bonchev–Trinajstić information content (AvgIpc) is 2.71. The summed E-state index contributed by atoms with van der Waals surface area (Å²) in [5, 5.41) is 3.58. The van der Waals surface area contributed by atoms with E-state index < -0.39 is 0 Å². The van der Waals surface area contributed by atoms with Gasteiger partial charge in [-0.2, -0.15) is 0 Å². The lowest BCUT2D eigenvalue weighted by Gasteiger charge is -2.39. The number of piperidine rings is 1. The molecule has 2 fully saturated rings. The van der Waals surface area contributed by atoms with Gasteiger partial charge in [0.05, 0.1) is 0 Å². The van der Waals surface area contributed by atoms with Gasteiger partial charge in [0, 0.05) is 31.2 Å². The second-order valence-electron chi connectivity index (χ2n) is 5.55. The molecule has 3 heteroatoms. The normalized spacial score (nSPS) is 38.1. The van der Waals surface area contributed by atoms with Gasteiger partial charge in [-0.15, -0.1) is 0 Å². The molecule has 0 aromatic rings. The Balaban J connectivity index is 1.81. The summed E-state index contributed by atoms with van der Waals surface area (Å²) >= 11 is 0. The summed E-state index contributed by atoms with van der Waals surface area (Å²) in [6.45, 7) is 9.54. The molecule has 1 N–H and O–H groups in total. The highest BCUT2D eigenvalue weighted by Gasteiger charge is 2.31. The van der Waals surface area contributed by atoms with Gasteiger partial charge in [-0.25, -0.2) is 0 Å². The van der Waals surface area contributed by atoms with Crippen LogP contribution in [0.1, 0.15) is 33.1 Å². The second-order valence-corrected chi connectivity index (χ2v) is 5.55. The van der Waals surface area contributed by atoms with Gasteiger partial charge in [0.15, 0.2) is 0 Å². The van der Waals surface area contributed by atoms with E-state index in [4.69, 9.17) is 0 Å². The molecule has 0 aromatic heterocycles. The Hall–Kier alpha value is -0.120. The van der Waals surface area contributed by atoms with Crippen molar-refractivity contribution in [2.75, 3.05) is 33.2 Å². The Morgan fingerprint density at radius 1 is 1.25 bits per heavy atom. The van der Waals surface area contributed by atoms with E-state index in [9.17, 15) is 0 Å². The molecule has 3 atom stereocenters. The molecule has 0 amide bonds. The number of nitrogens with zero attached hydrogens (tertiary/aromatic N) is 2. The van der Waals surface area contributed by atoms with E-state index >= 15 is 0 Å². The molecule has 2 aliphatic rings. The van der Waals surface area contributed by atoms with Crippen LogP contribution in [0.25, 0.3) is 0 Å². The highest BCUT2D eigenvalue weighted by atomic mass is 15.2. The largest absolute Gasteiger partial charge is 0.313 e. The summed E-state index contributed by atoms with van der Waals surface area (Å²) in [6, 6.07) is 2.35. The van der Waals surface area contributed by atoms with Crippen molar-refractivity contribution in [3.05, 3.63) is 0 Å². The molecule has 0 aromatic carbocycles. The minimum absolute atomic E-state index is 0.750. The Bertz CT molecular complexity index is 219. The molecule has 2 heterocycles. The van der Waals surface area contributed by atoms with Crippen LogP contribution >= 0.6 is 0 Å². The van der Waals surface area contributed by atoms with Crippen LogP contribution in [0.5, 0.6) is 0 Å². The average molecular weight is 225 g/mol. The van der Waals surface area contributed by atoms with E-state index in [2.05, 4.69) is 36.0 Å². The van der Waals surface area contributed by atoms with E-state index in [1.54, 1.807) is 0 Å². The standard InChI is InChI=1S/C13H27N3/c1-4-14-12-5-8-16(10-12)13-6-7-15(3)11(2)9-13/h11-14H,4-10H2,1-3H3. The van der Waals surface area contributed by atoms with Crippen LogP contribution in [0, 0.1) is 0 Å². The van der Waals surface area contributed by atoms with Crippen LogP contribution in [-0.4, -0.2) is 61.2 Å². The minimum atomic E-state index is 0.750. The minimum Gasteiger partial charge on any atom is -0.313 e. The molecule has 3 nitrogen and oxygen atoms in total. The Kier molecular flexibility index (Phi) is 4.22. The maximum absolute atomic E-state index is 3.58. The Labute approximate surface area is 100 Å². The summed E-state index contributed by atoms with van der Waals surface area (Å²) in [5.41, 5.74) is 0. The molecule has 0 bridgehead atoms. The summed E-state index contributed by atoms with van der Waals surface area (Å²) < 4.78 is 0. The predicted octanol–water partition coefficient (Wildman–Crippen LogP) is 1.15. The zero-order valence-electron chi connectivity index (χ0n) is 11.1. The van der Waals surface area contributed by atoms with Gasteiger partial charge in [0.25, 0.3) is 0 Å². The van der Waals surface area contributed by atoms with Crippen molar-refractivity contribution in [3.63, 3.8) is 0 Å². The molecular formula is C13H27N3. The van der Waals surface area contributed by atoms with E-state index in [0.717, 1.165) is 24.7 Å². The molecule has 3 unspecified atom stereocenters. The van der Waals surface area contributed by atoms with Gasteiger partial charge in [0.2, 0.25) is 0 Å². The zero-order valence-corrected chi connectivity index (χ0v) is 11.1. The third-order valence-electron chi connectivity index (χ3n) is 4.41. The summed E-state index contributed by atoms with van der Waals surface area (Å²) in [5.74, 6) is 0. The smallest absolute Gasteiger partial charge is 0.0207 e. The Morgan fingerprint density at radius 3 is 2.75 bits per heavy atom. The number of hydrogen-bond acceptors (Lipinski definition) is 3. The number of likely N-dealkylation sites (N-methyl/N-ethyl adjacent to an activating group) is 1. The molecule has 2 saturated heterocycles. The van der Waals surface area contributed by atoms with E-state index in [1.807, 2.05) is 0 Å². The lowest BCUT2D eigenvalue weighted by molar-refractivity contribution is 0.102. The van der Waals surface area contributed by atoms with Gasteiger partial charge in [0.1, 0.15) is 0 Å². The highest BCUT2D eigenvalue weighted by Crippen LogP contribution is 2.23. The summed E-state index contributed by atoms with van der Waals surface area (Å²) in [6.07, 6.45) is 4.06. The molecule has 94 valence electrons. The molecule has 2 rings (SSSR count). The maximum Gasteiger partial charge on any atom is 0.0207 e. The quantitative estimate of drug-likeness (QED) is 0.777. The molecule has 16 heavy (non-hydrogen) atoms. The topological polar surface area (TPSA) is 18.5 Å². The molecule has 0 aliphatic carbocycles. The van der Waals surface area contributed by atoms with Crippen LogP contribution < -0.4 is 5.32 Å². The maximum atomic E-state index is 3.58. The first-order chi connectivity index (χ1) is 7.70. The van der Waals surface area contributed by atoms with Crippen molar-refractivity contribution in [1.82, 2.24) is 15.1 Å². The third kappa shape index (κ3) is 2.76. The van der Waals surface area contributed by atoms with Crippen molar-refractivity contribution >= 4 is 0 Å². The summed E-state index contributed by atoms with van der Waals surface area (Å²) in [4.78, 5) is 5.21. The zero-order chi connectivity index (χ0) is 11.5. The first kappa shape index (κ1) is 12.3. The van der Waals surface area contributed by atoms with Crippen molar-refractivity contribution < 1.29 is 0 Å². The van der Waals surface area contributed by atoms with Crippen LogP contribution in [-0.2, 0) is 0 Å². The fraction of sp³-hybridized carbons (Fsp3) is 1.00. The number of likely N-dealkylation sites (tertiary alicyclic amines) is 2. The lowest BCUT2D eigenvalue weighted by Crippen LogP contribution is -2.47. The third-order valence-corrected chi connectivity index (χ3v) is 4.41. The van der Waals surface area contributed by atoms with Gasteiger partial charge in [-0.1, -0.05) is 6.92 Å². The molecular weight excluding hydrogens is 198 g/mol. The molecule has 2 aliphatic heterocycles. The van der Waals surface area contributed by atoms with Gasteiger partial charge < -0.3 is 10.2 Å². The fourth-order valence-electron chi connectivity index (χ4n) is 3.17. The molecule has 0 saturated carbocycles. The first-order valence-corrected chi connectivity index (χ1v) is 6.88. The van der Waals surface area contributed by atoms with Crippen LogP contribution in [0.2, 0.25) is 0 Å². The molecule has 0 spiro atoms. The van der Waals surface area contributed by atoms with Crippen molar-refractivity contribution in [2.24, 2.45) is 0 Å². The SMILES string of the molecule is CCNC1CCN(C2CCN(C)C(C)C2)C1. The van der Waals surface area contributed by atoms with E-state index in [1.165, 1.54) is 38.9 Å². The van der Waals surface area contributed by atoms with Crippen LogP contribution in [0.4, 0.5) is 0 Å². The number of nitrogens with one attached hydrogen (secondary N) is 1. The van der Waals surface area contributed by atoms with Gasteiger partial charge >= 0.3 is 0 Å². The summed E-state index contributed by atoms with van der Waals surface area (Å²) in [7, 11) is 2.26. The van der Waals surface area contributed by atoms with Gasteiger partial charge in [-0.3, -0.25) is 4.90 Å². The van der Waals surface area contributed by atoms with E-state index in [0.29, 0.717) is 0 Å². The van der Waals surface area contributed by atoms with Crippen molar-refractivity contribution in [3.8, 4) is 0 Å².